The number of carbonyl (C=O) groups is 1. The summed E-state index contributed by atoms with van der Waals surface area (Å²) in [5.74, 6) is -0.906. The summed E-state index contributed by atoms with van der Waals surface area (Å²) in [6, 6.07) is 5.32. The van der Waals surface area contributed by atoms with Crippen LogP contribution >= 0.6 is 7.60 Å². The Bertz CT molecular complexity index is 623. The number of unbranched alkanes of at least 4 members (excludes halogenated alkanes) is 2. The van der Waals surface area contributed by atoms with Gasteiger partial charge in [0.25, 0.3) is 5.69 Å². The lowest BCUT2D eigenvalue weighted by Gasteiger charge is -2.25. The fourth-order valence-electron chi connectivity index (χ4n) is 2.17. The number of hydrogen-bond donors (Lipinski definition) is 1. The van der Waals surface area contributed by atoms with Crippen LogP contribution in [0.15, 0.2) is 24.3 Å². The van der Waals surface area contributed by atoms with Crippen molar-refractivity contribution in [1.29, 1.82) is 0 Å². The van der Waals surface area contributed by atoms with E-state index in [1.165, 1.54) is 24.3 Å². The molecule has 0 aliphatic carbocycles. The molecule has 1 unspecified atom stereocenters. The van der Waals surface area contributed by atoms with Crippen molar-refractivity contribution in [2.45, 2.75) is 45.2 Å². The third-order valence-electron chi connectivity index (χ3n) is 3.52. The molecule has 1 aromatic rings. The van der Waals surface area contributed by atoms with E-state index in [0.29, 0.717) is 12.8 Å². The van der Waals surface area contributed by atoms with Crippen molar-refractivity contribution in [1.82, 2.24) is 0 Å². The zero-order valence-electron chi connectivity index (χ0n) is 14.6. The molecule has 25 heavy (non-hydrogen) atoms. The third-order valence-corrected chi connectivity index (χ3v) is 5.79. The summed E-state index contributed by atoms with van der Waals surface area (Å²) in [4.78, 5) is 22.4. The molecule has 0 aromatic heterocycles. The van der Waals surface area contributed by atoms with Crippen LogP contribution in [0.3, 0.4) is 0 Å². The van der Waals surface area contributed by atoms with E-state index in [1.54, 1.807) is 0 Å². The summed E-state index contributed by atoms with van der Waals surface area (Å²) in [5, 5.41) is 11.0. The van der Waals surface area contributed by atoms with E-state index in [-0.39, 0.29) is 24.5 Å². The van der Waals surface area contributed by atoms with E-state index in [0.717, 1.165) is 12.8 Å². The molecule has 0 saturated carbocycles. The highest BCUT2D eigenvalue weighted by molar-refractivity contribution is 7.55. The number of nitro groups is 1. The van der Waals surface area contributed by atoms with E-state index in [4.69, 9.17) is 14.8 Å². The van der Waals surface area contributed by atoms with Crippen molar-refractivity contribution in [3.63, 3.8) is 0 Å². The molecule has 0 aliphatic rings. The van der Waals surface area contributed by atoms with Crippen LogP contribution in [-0.4, -0.2) is 24.0 Å². The number of nitro benzene ring substituents is 1. The molecule has 0 saturated heterocycles. The Morgan fingerprint density at radius 1 is 1.24 bits per heavy atom. The van der Waals surface area contributed by atoms with Crippen LogP contribution < -0.4 is 5.73 Å². The summed E-state index contributed by atoms with van der Waals surface area (Å²) in [5.41, 5.74) is 3.99. The van der Waals surface area contributed by atoms with Gasteiger partial charge in [-0.25, -0.2) is 0 Å². The third kappa shape index (κ3) is 6.23. The summed E-state index contributed by atoms with van der Waals surface area (Å²) in [6.45, 7) is 4.19. The van der Waals surface area contributed by atoms with E-state index >= 15 is 0 Å². The van der Waals surface area contributed by atoms with Crippen LogP contribution in [-0.2, 0) is 18.4 Å². The first-order valence-electron chi connectivity index (χ1n) is 8.28. The van der Waals surface area contributed by atoms with Crippen molar-refractivity contribution in [3.05, 3.63) is 39.9 Å². The maximum Gasteiger partial charge on any atom is 0.347 e. The number of primary amides is 1. The molecule has 1 rings (SSSR count). The van der Waals surface area contributed by atoms with Gasteiger partial charge in [-0.05, 0) is 18.4 Å². The Hall–Kier alpha value is -1.76. The molecule has 0 aliphatic heterocycles. The zero-order valence-corrected chi connectivity index (χ0v) is 15.4. The van der Waals surface area contributed by atoms with Crippen molar-refractivity contribution < 1.29 is 23.3 Å². The number of nitrogens with zero attached hydrogens (tertiary/aromatic N) is 1. The van der Waals surface area contributed by atoms with Crippen LogP contribution in [0, 0.1) is 10.1 Å². The molecule has 1 amide bonds. The van der Waals surface area contributed by atoms with Crippen molar-refractivity contribution in [2.24, 2.45) is 5.73 Å². The molecule has 1 atom stereocenters. The number of rotatable bonds is 12. The second-order valence-corrected chi connectivity index (χ2v) is 7.68. The predicted octanol–water partition coefficient (Wildman–Crippen LogP) is 3.95. The minimum Gasteiger partial charge on any atom is -0.369 e. The van der Waals surface area contributed by atoms with Crippen molar-refractivity contribution in [2.75, 3.05) is 13.2 Å². The van der Waals surface area contributed by atoms with Gasteiger partial charge in [-0.2, -0.15) is 0 Å². The van der Waals surface area contributed by atoms with Crippen LogP contribution in [0.25, 0.3) is 0 Å². The fraction of sp³-hybridized carbons (Fsp3) is 0.562. The quantitative estimate of drug-likeness (QED) is 0.257. The minimum absolute atomic E-state index is 0.151. The molecule has 2 N–H and O–H groups in total. The first-order chi connectivity index (χ1) is 11.9. The lowest BCUT2D eigenvalue weighted by Crippen LogP contribution is -2.24. The molecule has 8 nitrogen and oxygen atoms in total. The molecule has 0 spiro atoms. The predicted molar refractivity (Wildman–Crippen MR) is 94.4 cm³/mol. The number of hydrogen-bond acceptors (Lipinski definition) is 6. The lowest BCUT2D eigenvalue weighted by molar-refractivity contribution is -0.384. The van der Waals surface area contributed by atoms with Crippen LogP contribution in [0.4, 0.5) is 5.69 Å². The average molecular weight is 372 g/mol. The lowest BCUT2D eigenvalue weighted by atomic mass is 10.1. The van der Waals surface area contributed by atoms with Gasteiger partial charge in [0, 0.05) is 12.1 Å². The summed E-state index contributed by atoms with van der Waals surface area (Å²) < 4.78 is 24.2. The van der Waals surface area contributed by atoms with Gasteiger partial charge in [-0.3, -0.25) is 19.5 Å². The van der Waals surface area contributed by atoms with Gasteiger partial charge in [0.1, 0.15) is 0 Å². The minimum atomic E-state index is -3.91. The first kappa shape index (κ1) is 21.3. The monoisotopic (exact) mass is 372 g/mol. The molecule has 0 bridgehead atoms. The molecule has 0 radical (unpaired) electrons. The number of non-ortho nitro benzene ring substituents is 1. The van der Waals surface area contributed by atoms with Crippen LogP contribution in [0.2, 0.25) is 0 Å². The average Bonchev–Trinajstić information content (AvgIpc) is 2.55. The van der Waals surface area contributed by atoms with Gasteiger partial charge in [0.2, 0.25) is 5.91 Å². The Kier molecular flexibility index (Phi) is 8.75. The Morgan fingerprint density at radius 3 is 2.24 bits per heavy atom. The molecular formula is C16H25N2O6P. The van der Waals surface area contributed by atoms with E-state index in [9.17, 15) is 19.5 Å². The van der Waals surface area contributed by atoms with Crippen LogP contribution in [0.1, 0.15) is 50.8 Å². The molecular weight excluding hydrogens is 347 g/mol. The molecule has 1 aromatic carbocycles. The van der Waals surface area contributed by atoms with Gasteiger partial charge < -0.3 is 14.8 Å². The van der Waals surface area contributed by atoms with Gasteiger partial charge in [-0.15, -0.1) is 0 Å². The second kappa shape index (κ2) is 10.3. The van der Waals surface area contributed by atoms with Gasteiger partial charge in [0.15, 0.2) is 5.66 Å². The maximum atomic E-state index is 13.3. The SMILES string of the molecule is CCCCOP(=O)(OCCCC)C(C(N)=O)c1cccc([N+](=O)[O-])c1. The maximum absolute atomic E-state index is 13.3. The highest BCUT2D eigenvalue weighted by Crippen LogP contribution is 2.61. The standard InChI is InChI=1S/C16H25N2O6P/c1-3-5-10-23-25(22,24-11-6-4-2)15(16(17)19)13-8-7-9-14(12-13)18(20)21/h7-9,12,15H,3-6,10-11H2,1-2H3,(H2,17,19). The van der Waals surface area contributed by atoms with Crippen LogP contribution in [0.5, 0.6) is 0 Å². The first-order valence-corrected chi connectivity index (χ1v) is 9.89. The Labute approximate surface area is 147 Å². The van der Waals surface area contributed by atoms with E-state index < -0.39 is 24.1 Å². The highest BCUT2D eigenvalue weighted by Gasteiger charge is 2.42. The summed E-state index contributed by atoms with van der Waals surface area (Å²) in [6.07, 6.45) is 2.91. The normalized spacial score (nSPS) is 12.7. The number of benzene rings is 1. The van der Waals surface area contributed by atoms with E-state index in [1.807, 2.05) is 13.8 Å². The molecule has 9 heteroatoms. The Morgan fingerprint density at radius 2 is 1.80 bits per heavy atom. The fourth-order valence-corrected chi connectivity index (χ4v) is 4.15. The van der Waals surface area contributed by atoms with E-state index in [2.05, 4.69) is 0 Å². The van der Waals surface area contributed by atoms with Crippen molar-refractivity contribution in [3.8, 4) is 0 Å². The Balaban J connectivity index is 3.22. The summed E-state index contributed by atoms with van der Waals surface area (Å²) in [7, 11) is -3.91. The summed E-state index contributed by atoms with van der Waals surface area (Å²) >= 11 is 0. The zero-order chi connectivity index (χ0) is 18.9. The number of amides is 1. The number of nitrogens with two attached hydrogens (primary N) is 1. The molecule has 140 valence electrons. The topological polar surface area (TPSA) is 122 Å². The smallest absolute Gasteiger partial charge is 0.347 e. The van der Waals surface area contributed by atoms with Crippen molar-refractivity contribution >= 4 is 19.2 Å². The highest BCUT2D eigenvalue weighted by atomic mass is 31.2. The number of carbonyl (C=O) groups excluding carboxylic acids is 1. The molecule has 0 fully saturated rings. The largest absolute Gasteiger partial charge is 0.369 e. The second-order valence-electron chi connectivity index (χ2n) is 5.57. The van der Waals surface area contributed by atoms with Gasteiger partial charge in [0.05, 0.1) is 18.1 Å². The van der Waals surface area contributed by atoms with Gasteiger partial charge in [-0.1, -0.05) is 38.8 Å². The van der Waals surface area contributed by atoms with Gasteiger partial charge >= 0.3 is 7.60 Å². The molecule has 0 heterocycles.